The van der Waals surface area contributed by atoms with E-state index in [4.69, 9.17) is 30.5 Å². The van der Waals surface area contributed by atoms with Gasteiger partial charge in [-0.15, -0.1) is 0 Å². The number of non-ortho nitro benzene ring substituents is 1. The quantitative estimate of drug-likeness (QED) is 0.130. The van der Waals surface area contributed by atoms with Crippen LogP contribution in [0.3, 0.4) is 0 Å². The molecule has 0 spiro atoms. The number of methoxy groups -OCH3 is 1. The van der Waals surface area contributed by atoms with Gasteiger partial charge in [-0.05, 0) is 60.5 Å². The van der Waals surface area contributed by atoms with Crippen molar-refractivity contribution in [3.63, 3.8) is 0 Å². The van der Waals surface area contributed by atoms with Crippen molar-refractivity contribution in [2.24, 2.45) is 5.10 Å². The van der Waals surface area contributed by atoms with E-state index in [1.807, 2.05) is 6.92 Å². The lowest BCUT2D eigenvalue weighted by Gasteiger charge is -2.13. The van der Waals surface area contributed by atoms with Crippen molar-refractivity contribution in [1.82, 2.24) is 5.43 Å². The Morgan fingerprint density at radius 1 is 1.08 bits per heavy atom. The molecule has 0 heterocycles. The van der Waals surface area contributed by atoms with Gasteiger partial charge in [-0.2, -0.15) is 5.10 Å². The second kappa shape index (κ2) is 13.7. The summed E-state index contributed by atoms with van der Waals surface area (Å²) in [6, 6.07) is 14.1. The fraction of sp³-hybridized carbons (Fsp3) is 0.185. The van der Waals surface area contributed by atoms with Gasteiger partial charge in [0.15, 0.2) is 23.0 Å². The molecule has 3 rings (SSSR count). The maximum atomic E-state index is 12.6. The molecule has 0 fully saturated rings. The van der Waals surface area contributed by atoms with Crippen molar-refractivity contribution in [2.45, 2.75) is 13.5 Å². The molecule has 3 aromatic rings. The Morgan fingerprint density at radius 3 is 2.50 bits per heavy atom. The lowest BCUT2D eigenvalue weighted by Crippen LogP contribution is -2.17. The van der Waals surface area contributed by atoms with E-state index in [1.54, 1.807) is 48.5 Å². The van der Waals surface area contributed by atoms with Crippen LogP contribution < -0.4 is 24.4 Å². The minimum absolute atomic E-state index is 0.00984. The number of halogens is 1. The fourth-order valence-electron chi connectivity index (χ4n) is 3.24. The van der Waals surface area contributed by atoms with Crippen molar-refractivity contribution in [3.8, 4) is 23.0 Å². The van der Waals surface area contributed by atoms with Crippen LogP contribution in [0.4, 0.5) is 5.69 Å². The van der Waals surface area contributed by atoms with E-state index in [2.05, 4.69) is 17.1 Å². The fourth-order valence-corrected chi connectivity index (χ4v) is 3.51. The van der Waals surface area contributed by atoms with Crippen LogP contribution in [-0.2, 0) is 6.61 Å². The van der Waals surface area contributed by atoms with Crippen molar-refractivity contribution >= 4 is 29.4 Å². The summed E-state index contributed by atoms with van der Waals surface area (Å²) in [5, 5.41) is 15.1. The van der Waals surface area contributed by atoms with Crippen LogP contribution in [0.25, 0.3) is 0 Å². The third kappa shape index (κ3) is 7.47. The molecular weight excluding hydrogens is 514 g/mol. The number of nitro benzene ring substituents is 1. The van der Waals surface area contributed by atoms with Crippen molar-refractivity contribution in [3.05, 3.63) is 99.1 Å². The summed E-state index contributed by atoms with van der Waals surface area (Å²) < 4.78 is 22.3. The van der Waals surface area contributed by atoms with Crippen LogP contribution in [0.2, 0.25) is 5.02 Å². The predicted octanol–water partition coefficient (Wildman–Crippen LogP) is 5.56. The van der Waals surface area contributed by atoms with Crippen molar-refractivity contribution in [1.29, 1.82) is 0 Å². The number of benzene rings is 3. The van der Waals surface area contributed by atoms with Gasteiger partial charge in [0.2, 0.25) is 0 Å². The van der Waals surface area contributed by atoms with Gasteiger partial charge in [-0.3, -0.25) is 14.9 Å². The van der Waals surface area contributed by atoms with Gasteiger partial charge >= 0.3 is 0 Å². The topological polar surface area (TPSA) is 122 Å². The summed E-state index contributed by atoms with van der Waals surface area (Å²) in [6.07, 6.45) is 3.03. The van der Waals surface area contributed by atoms with Gasteiger partial charge < -0.3 is 18.9 Å². The van der Waals surface area contributed by atoms with Crippen LogP contribution in [0.15, 0.2) is 72.4 Å². The molecule has 0 aliphatic rings. The Hall–Kier alpha value is -4.57. The summed E-state index contributed by atoms with van der Waals surface area (Å²) in [4.78, 5) is 22.9. The lowest BCUT2D eigenvalue weighted by molar-refractivity contribution is -0.384. The molecule has 10 nitrogen and oxygen atoms in total. The summed E-state index contributed by atoms with van der Waals surface area (Å²) >= 11 is 6.41. The molecule has 0 bridgehead atoms. The minimum Gasteiger partial charge on any atom is -0.493 e. The number of hydrogen-bond acceptors (Lipinski definition) is 8. The Kier molecular flexibility index (Phi) is 10.1. The Labute approximate surface area is 224 Å². The van der Waals surface area contributed by atoms with E-state index in [0.29, 0.717) is 47.3 Å². The second-order valence-electron chi connectivity index (χ2n) is 7.64. The van der Waals surface area contributed by atoms with E-state index in [-0.39, 0.29) is 17.3 Å². The highest BCUT2D eigenvalue weighted by molar-refractivity contribution is 6.32. The second-order valence-corrected chi connectivity index (χ2v) is 8.05. The number of nitro groups is 1. The summed E-state index contributed by atoms with van der Waals surface area (Å²) in [6.45, 7) is 6.29. The summed E-state index contributed by atoms with van der Waals surface area (Å²) in [5.74, 6) is 1.15. The van der Waals surface area contributed by atoms with E-state index >= 15 is 0 Å². The average molecular weight is 540 g/mol. The van der Waals surface area contributed by atoms with E-state index in [1.165, 1.54) is 25.5 Å². The Balaban J connectivity index is 1.67. The molecule has 0 aliphatic carbocycles. The first-order valence-corrected chi connectivity index (χ1v) is 11.8. The zero-order valence-corrected chi connectivity index (χ0v) is 21.6. The van der Waals surface area contributed by atoms with E-state index < -0.39 is 10.8 Å². The standard InChI is InChI=1S/C27H26ClN3O7/c1-4-12-37-23-11-8-20(15-24(23)36-5-2)27(32)30-29-16-19-13-22(28)26(25(14-19)35-3)38-17-18-6-9-21(10-7-18)31(33)34/h4,6-11,13-16H,1,5,12,17H2,2-3H3,(H,30,32)/b29-16+. The zero-order chi connectivity index (χ0) is 27.5. The Morgan fingerprint density at radius 2 is 1.84 bits per heavy atom. The number of ether oxygens (including phenoxy) is 4. The molecule has 0 saturated carbocycles. The number of hydrazone groups is 1. The number of nitrogens with one attached hydrogen (secondary N) is 1. The van der Waals surface area contributed by atoms with Gasteiger partial charge in [-0.25, -0.2) is 5.43 Å². The van der Waals surface area contributed by atoms with Crippen LogP contribution >= 0.6 is 11.6 Å². The van der Waals surface area contributed by atoms with Crippen molar-refractivity contribution < 1.29 is 28.7 Å². The molecule has 38 heavy (non-hydrogen) atoms. The molecular formula is C27H26ClN3O7. The molecule has 1 N–H and O–H groups in total. The maximum absolute atomic E-state index is 12.6. The van der Waals surface area contributed by atoms with Crippen LogP contribution in [0.1, 0.15) is 28.4 Å². The van der Waals surface area contributed by atoms with E-state index in [0.717, 1.165) is 5.56 Å². The van der Waals surface area contributed by atoms with Crippen LogP contribution in [0.5, 0.6) is 23.0 Å². The molecule has 1 amide bonds. The molecule has 0 radical (unpaired) electrons. The number of carbonyl (C=O) groups excluding carboxylic acids is 1. The van der Waals surface area contributed by atoms with Gasteiger partial charge in [-0.1, -0.05) is 24.3 Å². The highest BCUT2D eigenvalue weighted by atomic mass is 35.5. The van der Waals surface area contributed by atoms with Gasteiger partial charge in [0.25, 0.3) is 11.6 Å². The third-order valence-electron chi connectivity index (χ3n) is 5.02. The van der Waals surface area contributed by atoms with Crippen LogP contribution in [-0.4, -0.2) is 37.4 Å². The molecule has 0 atom stereocenters. The Bertz CT molecular complexity index is 1330. The van der Waals surface area contributed by atoms with Gasteiger partial charge in [0.1, 0.15) is 13.2 Å². The first-order valence-electron chi connectivity index (χ1n) is 11.4. The number of hydrogen-bond donors (Lipinski definition) is 1. The van der Waals surface area contributed by atoms with Crippen molar-refractivity contribution in [2.75, 3.05) is 20.3 Å². The molecule has 0 unspecified atom stereocenters. The summed E-state index contributed by atoms with van der Waals surface area (Å²) in [7, 11) is 1.46. The number of rotatable bonds is 13. The highest BCUT2D eigenvalue weighted by Gasteiger charge is 2.14. The molecule has 11 heteroatoms. The number of amides is 1. The first kappa shape index (κ1) is 28.0. The van der Waals surface area contributed by atoms with Gasteiger partial charge in [0, 0.05) is 17.7 Å². The first-order chi connectivity index (χ1) is 18.4. The third-order valence-corrected chi connectivity index (χ3v) is 5.31. The van der Waals surface area contributed by atoms with Crippen LogP contribution in [0, 0.1) is 10.1 Å². The summed E-state index contributed by atoms with van der Waals surface area (Å²) in [5.41, 5.74) is 4.06. The molecule has 0 saturated heterocycles. The zero-order valence-electron chi connectivity index (χ0n) is 20.8. The SMILES string of the molecule is C=CCOc1ccc(C(=O)N/N=C/c2cc(Cl)c(OCc3ccc([N+](=O)[O-])cc3)c(OC)c2)cc1OCC. The number of nitrogens with zero attached hydrogens (tertiary/aromatic N) is 2. The monoisotopic (exact) mass is 539 g/mol. The smallest absolute Gasteiger partial charge is 0.271 e. The highest BCUT2D eigenvalue weighted by Crippen LogP contribution is 2.36. The van der Waals surface area contributed by atoms with Gasteiger partial charge in [0.05, 0.1) is 29.9 Å². The van der Waals surface area contributed by atoms with E-state index in [9.17, 15) is 14.9 Å². The molecule has 3 aromatic carbocycles. The molecule has 198 valence electrons. The molecule has 0 aromatic heterocycles. The lowest BCUT2D eigenvalue weighted by atomic mass is 10.2. The minimum atomic E-state index is -0.471. The average Bonchev–Trinajstić information content (AvgIpc) is 2.91. The molecule has 0 aliphatic heterocycles. The predicted molar refractivity (Wildman–Crippen MR) is 144 cm³/mol. The number of carbonyl (C=O) groups is 1. The maximum Gasteiger partial charge on any atom is 0.271 e. The largest absolute Gasteiger partial charge is 0.493 e. The normalized spacial score (nSPS) is 10.6.